The second-order valence-electron chi connectivity index (χ2n) is 4.48. The smallest absolute Gasteiger partial charge is 0.253 e. The molecule has 1 atom stereocenters. The van der Waals surface area contributed by atoms with Crippen molar-refractivity contribution < 1.29 is 9.18 Å². The molecule has 0 spiro atoms. The van der Waals surface area contributed by atoms with Crippen LogP contribution in [0.3, 0.4) is 0 Å². The number of hydrogen-bond acceptors (Lipinski definition) is 2. The lowest BCUT2D eigenvalue weighted by atomic mass is 10.1. The molecule has 0 aromatic heterocycles. The number of carbonyl (C=O) groups excluding carboxylic acids is 1. The van der Waals surface area contributed by atoms with Gasteiger partial charge in [-0.3, -0.25) is 4.79 Å². The summed E-state index contributed by atoms with van der Waals surface area (Å²) in [5.74, 6) is -0.783. The number of benzene rings is 2. The minimum atomic E-state index is -0.459. The number of hydrogen-bond donors (Lipinski definition) is 2. The van der Waals surface area contributed by atoms with E-state index in [0.717, 1.165) is 16.1 Å². The Bertz CT molecular complexity index is 646. The van der Waals surface area contributed by atoms with Crippen molar-refractivity contribution in [2.75, 3.05) is 5.73 Å². The van der Waals surface area contributed by atoms with E-state index in [-0.39, 0.29) is 23.2 Å². The molecule has 20 heavy (non-hydrogen) atoms. The summed E-state index contributed by atoms with van der Waals surface area (Å²) in [4.78, 5) is 12.1. The van der Waals surface area contributed by atoms with Crippen molar-refractivity contribution in [3.63, 3.8) is 0 Å². The van der Waals surface area contributed by atoms with Gasteiger partial charge in [0.1, 0.15) is 5.82 Å². The molecular weight excluding hydrogens is 323 g/mol. The molecule has 0 aliphatic rings. The van der Waals surface area contributed by atoms with Gasteiger partial charge in [0.05, 0.1) is 11.6 Å². The summed E-state index contributed by atoms with van der Waals surface area (Å²) in [5, 5.41) is 2.84. The van der Waals surface area contributed by atoms with Crippen LogP contribution in [-0.2, 0) is 0 Å². The summed E-state index contributed by atoms with van der Waals surface area (Å²) in [6.45, 7) is 1.87. The molecule has 3 nitrogen and oxygen atoms in total. The van der Waals surface area contributed by atoms with E-state index in [1.807, 2.05) is 31.2 Å². The van der Waals surface area contributed by atoms with E-state index in [1.165, 1.54) is 12.1 Å². The summed E-state index contributed by atoms with van der Waals surface area (Å²) < 4.78 is 13.9. The van der Waals surface area contributed by atoms with Crippen molar-refractivity contribution in [2.24, 2.45) is 0 Å². The molecule has 2 rings (SSSR count). The Morgan fingerprint density at radius 1 is 1.30 bits per heavy atom. The van der Waals surface area contributed by atoms with Crippen LogP contribution >= 0.6 is 15.9 Å². The van der Waals surface area contributed by atoms with Crippen LogP contribution in [0.5, 0.6) is 0 Å². The highest BCUT2D eigenvalue weighted by atomic mass is 79.9. The zero-order valence-corrected chi connectivity index (χ0v) is 12.4. The number of halogens is 2. The molecule has 0 aliphatic heterocycles. The number of nitrogens with two attached hydrogens (primary N) is 1. The van der Waals surface area contributed by atoms with E-state index in [1.54, 1.807) is 0 Å². The van der Waals surface area contributed by atoms with Crippen LogP contribution in [0.4, 0.5) is 10.1 Å². The van der Waals surface area contributed by atoms with Crippen molar-refractivity contribution in [3.8, 4) is 0 Å². The molecule has 3 N–H and O–H groups in total. The van der Waals surface area contributed by atoms with Crippen LogP contribution in [0.15, 0.2) is 46.9 Å². The molecule has 2 aromatic carbocycles. The molecular formula is C15H14BrFN2O. The van der Waals surface area contributed by atoms with Crippen LogP contribution in [0.25, 0.3) is 0 Å². The van der Waals surface area contributed by atoms with Crippen LogP contribution < -0.4 is 11.1 Å². The van der Waals surface area contributed by atoms with Gasteiger partial charge >= 0.3 is 0 Å². The summed E-state index contributed by atoms with van der Waals surface area (Å²) in [7, 11) is 0. The molecule has 5 heteroatoms. The number of amides is 1. The molecule has 0 heterocycles. The Morgan fingerprint density at radius 3 is 2.70 bits per heavy atom. The molecule has 104 valence electrons. The second-order valence-corrected chi connectivity index (χ2v) is 5.40. The third-order valence-electron chi connectivity index (χ3n) is 2.95. The summed E-state index contributed by atoms with van der Waals surface area (Å²) in [6.07, 6.45) is 0. The van der Waals surface area contributed by atoms with E-state index >= 15 is 0 Å². The average Bonchev–Trinajstić information content (AvgIpc) is 2.38. The van der Waals surface area contributed by atoms with Crippen LogP contribution in [-0.4, -0.2) is 5.91 Å². The number of anilines is 1. The van der Waals surface area contributed by atoms with Crippen molar-refractivity contribution in [2.45, 2.75) is 13.0 Å². The van der Waals surface area contributed by atoms with Crippen LogP contribution in [0, 0.1) is 5.82 Å². The zero-order chi connectivity index (χ0) is 14.7. The average molecular weight is 337 g/mol. The van der Waals surface area contributed by atoms with E-state index in [9.17, 15) is 9.18 Å². The van der Waals surface area contributed by atoms with Gasteiger partial charge in [0, 0.05) is 10.2 Å². The molecule has 0 fully saturated rings. The van der Waals surface area contributed by atoms with Gasteiger partial charge in [0.15, 0.2) is 0 Å². The Kier molecular flexibility index (Phi) is 4.39. The van der Waals surface area contributed by atoms with Gasteiger partial charge in [-0.1, -0.05) is 28.1 Å². The third-order valence-corrected chi connectivity index (χ3v) is 3.45. The van der Waals surface area contributed by atoms with Gasteiger partial charge in [-0.05, 0) is 42.8 Å². The van der Waals surface area contributed by atoms with Gasteiger partial charge in [0.2, 0.25) is 0 Å². The molecule has 1 amide bonds. The fraction of sp³-hybridized carbons (Fsp3) is 0.133. The molecule has 0 bridgehead atoms. The lowest BCUT2D eigenvalue weighted by molar-refractivity contribution is 0.0941. The van der Waals surface area contributed by atoms with Crippen molar-refractivity contribution >= 4 is 27.5 Å². The topological polar surface area (TPSA) is 55.1 Å². The standard InChI is InChI=1S/C15H14BrFN2O/c1-9(10-3-2-4-11(16)7-10)19-15(20)13-6-5-12(17)8-14(13)18/h2-9H,18H2,1H3,(H,19,20)/t9-/m0/s1. The highest BCUT2D eigenvalue weighted by Gasteiger charge is 2.14. The van der Waals surface area contributed by atoms with Crippen molar-refractivity contribution in [3.05, 3.63) is 63.9 Å². The van der Waals surface area contributed by atoms with E-state index in [4.69, 9.17) is 5.73 Å². The first kappa shape index (κ1) is 14.5. The molecule has 0 saturated heterocycles. The zero-order valence-electron chi connectivity index (χ0n) is 10.9. The van der Waals surface area contributed by atoms with Crippen molar-refractivity contribution in [1.82, 2.24) is 5.32 Å². The fourth-order valence-electron chi connectivity index (χ4n) is 1.87. The summed E-state index contributed by atoms with van der Waals surface area (Å²) in [5.41, 5.74) is 7.02. The van der Waals surface area contributed by atoms with Crippen molar-refractivity contribution in [1.29, 1.82) is 0 Å². The SMILES string of the molecule is C[C@H](NC(=O)c1ccc(F)cc1N)c1cccc(Br)c1. The Labute approximate surface area is 125 Å². The van der Waals surface area contributed by atoms with Gasteiger partial charge in [-0.25, -0.2) is 4.39 Å². The van der Waals surface area contributed by atoms with Gasteiger partial charge in [0.25, 0.3) is 5.91 Å². The first-order valence-electron chi connectivity index (χ1n) is 6.08. The number of rotatable bonds is 3. The first-order valence-corrected chi connectivity index (χ1v) is 6.88. The molecule has 2 aromatic rings. The lowest BCUT2D eigenvalue weighted by Gasteiger charge is -2.15. The number of carbonyl (C=O) groups is 1. The van der Waals surface area contributed by atoms with Crippen LogP contribution in [0.1, 0.15) is 28.9 Å². The Balaban J connectivity index is 2.15. The Morgan fingerprint density at radius 2 is 2.05 bits per heavy atom. The second kappa shape index (κ2) is 6.05. The van der Waals surface area contributed by atoms with E-state index in [2.05, 4.69) is 21.2 Å². The van der Waals surface area contributed by atoms with Gasteiger partial charge < -0.3 is 11.1 Å². The molecule has 0 radical (unpaired) electrons. The molecule has 0 saturated carbocycles. The van der Waals surface area contributed by atoms with Crippen LogP contribution in [0.2, 0.25) is 0 Å². The predicted molar refractivity (Wildman–Crippen MR) is 80.8 cm³/mol. The number of nitrogen functional groups attached to an aromatic ring is 1. The third kappa shape index (κ3) is 3.36. The first-order chi connectivity index (χ1) is 9.47. The minimum Gasteiger partial charge on any atom is -0.398 e. The quantitative estimate of drug-likeness (QED) is 0.840. The Hall–Kier alpha value is -1.88. The van der Waals surface area contributed by atoms with Gasteiger partial charge in [-0.15, -0.1) is 0 Å². The summed E-state index contributed by atoms with van der Waals surface area (Å²) >= 11 is 3.39. The fourth-order valence-corrected chi connectivity index (χ4v) is 2.29. The van der Waals surface area contributed by atoms with E-state index in [0.29, 0.717) is 0 Å². The normalized spacial score (nSPS) is 11.9. The highest BCUT2D eigenvalue weighted by Crippen LogP contribution is 2.19. The van der Waals surface area contributed by atoms with E-state index < -0.39 is 5.82 Å². The highest BCUT2D eigenvalue weighted by molar-refractivity contribution is 9.10. The lowest BCUT2D eigenvalue weighted by Crippen LogP contribution is -2.27. The maximum Gasteiger partial charge on any atom is 0.253 e. The minimum absolute atomic E-state index is 0.129. The summed E-state index contributed by atoms with van der Waals surface area (Å²) in [6, 6.07) is 11.2. The number of nitrogens with one attached hydrogen (secondary N) is 1. The monoisotopic (exact) mass is 336 g/mol. The largest absolute Gasteiger partial charge is 0.398 e. The molecule has 0 aliphatic carbocycles. The van der Waals surface area contributed by atoms with Gasteiger partial charge in [-0.2, -0.15) is 0 Å². The molecule has 0 unspecified atom stereocenters. The maximum absolute atomic E-state index is 13.0. The maximum atomic E-state index is 13.0. The predicted octanol–water partition coefficient (Wildman–Crippen LogP) is 3.66.